The normalized spacial score (nSPS) is 13.8. The molecule has 0 saturated carbocycles. The highest BCUT2D eigenvalue weighted by atomic mass is 32.2. The van der Waals surface area contributed by atoms with Gasteiger partial charge >= 0.3 is 11.7 Å². The molecule has 1 unspecified atom stereocenters. The Balaban J connectivity index is 1.28. The van der Waals surface area contributed by atoms with Crippen molar-refractivity contribution in [2.45, 2.75) is 58.8 Å². The van der Waals surface area contributed by atoms with E-state index < -0.39 is 23.0 Å². The van der Waals surface area contributed by atoms with Gasteiger partial charge in [0.1, 0.15) is 6.54 Å². The molecule has 23 heteroatoms. The number of nitrogen functional groups attached to an aromatic ring is 1. The zero-order chi connectivity index (χ0) is 43.6. The highest BCUT2D eigenvalue weighted by Gasteiger charge is 2.21. The molecule has 0 radical (unpaired) electrons. The Bertz CT molecular complexity index is 2120. The fourth-order valence-corrected chi connectivity index (χ4v) is 8.30. The van der Waals surface area contributed by atoms with Crippen LogP contribution in [0.4, 0.5) is 10.7 Å². The Morgan fingerprint density at radius 3 is 2.08 bits per heavy atom. The standard InChI is InChI=1S/C37H57N13O7S3/c1-4-5-9-45(30(53)24-50-25-40-32-31(50)34(55)43-35(39)42-32)16-21-59-19-8-29(52)47(12-14-49-23-26(2)33(54)44-37(49)57)17-22-60-18-7-28(51)46(15-20-58-3)11-13-48-10-6-27(38)41-36(48)56/h6,10,23,25,27H,4-5,7-9,11-22,24,38H2,1-3H3,(H,41,56)(H,44,54,57)(H3,39,42,43,55). The third-order valence-corrected chi connectivity index (χ3v) is 12.1. The van der Waals surface area contributed by atoms with Gasteiger partial charge in [-0.05, 0) is 25.7 Å². The number of unbranched alkanes of at least 4 members (excludes halogenated alkanes) is 1. The highest BCUT2D eigenvalue weighted by molar-refractivity contribution is 7.99. The number of H-pyrrole nitrogens is 2. The van der Waals surface area contributed by atoms with Crippen molar-refractivity contribution in [3.8, 4) is 0 Å². The molecule has 4 rings (SSSR count). The molecule has 5 amide bonds. The number of aromatic nitrogens is 6. The summed E-state index contributed by atoms with van der Waals surface area (Å²) < 4.78 is 2.85. The molecule has 0 aromatic carbocycles. The molecular formula is C37H57N13O7S3. The van der Waals surface area contributed by atoms with Crippen LogP contribution in [-0.4, -0.2) is 159 Å². The number of rotatable bonds is 26. The van der Waals surface area contributed by atoms with Gasteiger partial charge in [-0.2, -0.15) is 40.3 Å². The van der Waals surface area contributed by atoms with E-state index in [9.17, 15) is 33.6 Å². The van der Waals surface area contributed by atoms with Crippen LogP contribution in [-0.2, 0) is 27.5 Å². The second-order valence-electron chi connectivity index (χ2n) is 14.0. The van der Waals surface area contributed by atoms with Gasteiger partial charge in [-0.15, -0.1) is 0 Å². The van der Waals surface area contributed by atoms with E-state index in [1.54, 1.807) is 69.2 Å². The summed E-state index contributed by atoms with van der Waals surface area (Å²) in [6.45, 7) is 6.66. The molecule has 4 heterocycles. The van der Waals surface area contributed by atoms with Crippen molar-refractivity contribution in [3.05, 3.63) is 61.6 Å². The van der Waals surface area contributed by atoms with Crippen LogP contribution in [0.15, 0.2) is 39.2 Å². The van der Waals surface area contributed by atoms with E-state index in [0.29, 0.717) is 74.3 Å². The number of hydrogen-bond acceptors (Lipinski definition) is 14. The average Bonchev–Trinajstić information content (AvgIpc) is 3.61. The molecule has 0 aliphatic carbocycles. The lowest BCUT2D eigenvalue weighted by Gasteiger charge is -2.29. The van der Waals surface area contributed by atoms with Crippen LogP contribution >= 0.6 is 35.3 Å². The predicted molar refractivity (Wildman–Crippen MR) is 238 cm³/mol. The fraction of sp³-hybridized carbons (Fsp3) is 0.595. The van der Waals surface area contributed by atoms with E-state index in [0.717, 1.165) is 18.6 Å². The number of nitrogens with one attached hydrogen (secondary N) is 3. The second kappa shape index (κ2) is 24.5. The summed E-state index contributed by atoms with van der Waals surface area (Å²) >= 11 is 4.74. The number of urea groups is 1. The molecule has 20 nitrogen and oxygen atoms in total. The molecule has 0 saturated heterocycles. The van der Waals surface area contributed by atoms with Crippen molar-refractivity contribution in [1.29, 1.82) is 0 Å². The summed E-state index contributed by atoms with van der Waals surface area (Å²) in [5, 5.41) is 2.64. The van der Waals surface area contributed by atoms with Crippen molar-refractivity contribution >= 4 is 76.2 Å². The molecule has 60 heavy (non-hydrogen) atoms. The maximum Gasteiger partial charge on any atom is 0.328 e. The summed E-state index contributed by atoms with van der Waals surface area (Å²) in [7, 11) is 0. The Hall–Kier alpha value is -4.74. The van der Waals surface area contributed by atoms with Crippen molar-refractivity contribution < 1.29 is 19.2 Å². The maximum absolute atomic E-state index is 13.6. The molecule has 3 aromatic rings. The quantitative estimate of drug-likeness (QED) is 0.0679. The van der Waals surface area contributed by atoms with Crippen molar-refractivity contribution in [1.82, 2.24) is 54.0 Å². The largest absolute Gasteiger partial charge is 0.369 e. The molecule has 0 spiro atoms. The van der Waals surface area contributed by atoms with Gasteiger partial charge in [-0.1, -0.05) is 13.3 Å². The Morgan fingerprint density at radius 1 is 0.817 bits per heavy atom. The second-order valence-corrected chi connectivity index (χ2v) is 17.4. The average molecular weight is 892 g/mol. The summed E-state index contributed by atoms with van der Waals surface area (Å²) in [5.74, 6) is 2.62. The van der Waals surface area contributed by atoms with Crippen molar-refractivity contribution in [2.75, 3.05) is 86.6 Å². The molecular weight excluding hydrogens is 835 g/mol. The van der Waals surface area contributed by atoms with Crippen molar-refractivity contribution in [2.24, 2.45) is 5.73 Å². The Kier molecular flexibility index (Phi) is 19.6. The highest BCUT2D eigenvalue weighted by Crippen LogP contribution is 2.13. The molecule has 7 N–H and O–H groups in total. The molecule has 0 fully saturated rings. The van der Waals surface area contributed by atoms with E-state index in [4.69, 9.17) is 11.5 Å². The number of aryl methyl sites for hydroxylation is 1. The van der Waals surface area contributed by atoms with Gasteiger partial charge in [0.2, 0.25) is 23.7 Å². The molecule has 1 aliphatic heterocycles. The first kappa shape index (κ1) is 47.9. The number of thioether (sulfide) groups is 3. The van der Waals surface area contributed by atoms with Crippen LogP contribution in [0, 0.1) is 6.92 Å². The fourth-order valence-electron chi connectivity index (χ4n) is 6.15. The van der Waals surface area contributed by atoms with Gasteiger partial charge in [-0.25, -0.2) is 14.6 Å². The lowest BCUT2D eigenvalue weighted by Crippen LogP contribution is -2.51. The van der Waals surface area contributed by atoms with Crippen LogP contribution < -0.4 is 33.6 Å². The van der Waals surface area contributed by atoms with Crippen LogP contribution in [0.25, 0.3) is 11.2 Å². The van der Waals surface area contributed by atoms with Gasteiger partial charge < -0.3 is 36.1 Å². The summed E-state index contributed by atoms with van der Waals surface area (Å²) in [5.41, 5.74) is 10.6. The van der Waals surface area contributed by atoms with Crippen LogP contribution in [0.2, 0.25) is 0 Å². The minimum atomic E-state index is -0.551. The number of imidazole rings is 1. The molecule has 1 aliphatic rings. The van der Waals surface area contributed by atoms with Crippen LogP contribution in [0.1, 0.15) is 38.2 Å². The maximum atomic E-state index is 13.6. The number of carbonyl (C=O) groups excluding carboxylic acids is 4. The number of amides is 5. The Labute approximate surface area is 360 Å². The van der Waals surface area contributed by atoms with Crippen LogP contribution in [0.3, 0.4) is 0 Å². The summed E-state index contributed by atoms with van der Waals surface area (Å²) in [6.07, 6.45) is 9.87. The number of hydrogen-bond donors (Lipinski definition) is 5. The number of anilines is 1. The minimum absolute atomic E-state index is 0.0178. The molecule has 3 aromatic heterocycles. The topological polar surface area (TPSA) is 264 Å². The summed E-state index contributed by atoms with van der Waals surface area (Å²) in [4.78, 5) is 109. The van der Waals surface area contributed by atoms with E-state index in [-0.39, 0.29) is 66.9 Å². The molecule has 330 valence electrons. The van der Waals surface area contributed by atoms with Gasteiger partial charge in [0.05, 0.1) is 12.5 Å². The van der Waals surface area contributed by atoms with Gasteiger partial charge in [0, 0.05) is 112 Å². The smallest absolute Gasteiger partial charge is 0.328 e. The van der Waals surface area contributed by atoms with E-state index in [2.05, 4.69) is 25.3 Å². The van der Waals surface area contributed by atoms with Gasteiger partial charge in [-0.3, -0.25) is 43.4 Å². The van der Waals surface area contributed by atoms with E-state index >= 15 is 0 Å². The van der Waals surface area contributed by atoms with Gasteiger partial charge in [0.15, 0.2) is 11.2 Å². The summed E-state index contributed by atoms with van der Waals surface area (Å²) in [6, 6.07) is -0.306. The molecule has 1 atom stereocenters. The zero-order valence-corrected chi connectivity index (χ0v) is 36.9. The number of fused-ring (bicyclic) bond motifs is 1. The minimum Gasteiger partial charge on any atom is -0.369 e. The predicted octanol–water partition coefficient (Wildman–Crippen LogP) is 0.280. The first-order valence-corrected chi connectivity index (χ1v) is 23.5. The first-order valence-electron chi connectivity index (χ1n) is 19.8. The van der Waals surface area contributed by atoms with Gasteiger partial charge in [0.25, 0.3) is 11.1 Å². The SMILES string of the molecule is CCCCN(CCSCCC(=O)N(CCSCCC(=O)N(CCSC)CCN1C=CC(N)NC1=O)CCn1cc(C)c(=O)[nH]c1=O)C(=O)Cn1cnc2nc(N)[nH]c(=O)c21. The zero-order valence-electron chi connectivity index (χ0n) is 34.4. The first-order chi connectivity index (χ1) is 28.8. The molecule has 0 bridgehead atoms. The van der Waals surface area contributed by atoms with Crippen molar-refractivity contribution in [3.63, 3.8) is 0 Å². The number of nitrogens with zero attached hydrogens (tertiary/aromatic N) is 8. The van der Waals surface area contributed by atoms with Crippen LogP contribution in [0.5, 0.6) is 0 Å². The van der Waals surface area contributed by atoms with E-state index in [1.165, 1.54) is 26.6 Å². The number of nitrogens with two attached hydrogens (primary N) is 2. The monoisotopic (exact) mass is 891 g/mol. The Morgan fingerprint density at radius 2 is 1.45 bits per heavy atom. The number of aromatic amines is 2. The lowest BCUT2D eigenvalue weighted by molar-refractivity contribution is -0.132. The third-order valence-electron chi connectivity index (χ3n) is 9.58. The van der Waals surface area contributed by atoms with E-state index in [1.807, 2.05) is 13.2 Å². The number of carbonyl (C=O) groups is 4. The third kappa shape index (κ3) is 14.8. The lowest BCUT2D eigenvalue weighted by atomic mass is 10.3.